The van der Waals surface area contributed by atoms with Crippen LogP contribution >= 0.6 is 11.6 Å². The molecule has 0 saturated carbocycles. The third kappa shape index (κ3) is 4.53. The second-order valence-corrected chi connectivity index (χ2v) is 4.98. The number of aromatic nitrogens is 4. The van der Waals surface area contributed by atoms with Crippen LogP contribution in [0.2, 0.25) is 5.02 Å². The van der Waals surface area contributed by atoms with Gasteiger partial charge in [0.15, 0.2) is 0 Å². The predicted molar refractivity (Wildman–Crippen MR) is 81.6 cm³/mol. The number of nitrogens with zero attached hydrogens (tertiary/aromatic N) is 5. The lowest BCUT2D eigenvalue weighted by Gasteiger charge is -2.06. The molecule has 2 aromatic heterocycles. The van der Waals surface area contributed by atoms with E-state index in [1.165, 1.54) is 7.11 Å². The van der Waals surface area contributed by atoms with Crippen LogP contribution in [-0.4, -0.2) is 32.8 Å². The molecule has 0 aliphatic rings. The number of hydrogen-bond donors (Lipinski definition) is 0. The van der Waals surface area contributed by atoms with E-state index in [1.54, 1.807) is 18.6 Å². The van der Waals surface area contributed by atoms with Gasteiger partial charge in [0.2, 0.25) is 0 Å². The SMILES string of the molecule is CCCCc1nc(C=NOC)cn1Cc1ncc(Cl)cn1. The van der Waals surface area contributed by atoms with Gasteiger partial charge in [0.05, 0.1) is 17.8 Å². The van der Waals surface area contributed by atoms with Crippen molar-refractivity contribution in [1.82, 2.24) is 19.5 Å². The van der Waals surface area contributed by atoms with E-state index in [0.29, 0.717) is 17.4 Å². The molecule has 0 spiro atoms. The molecule has 0 radical (unpaired) electrons. The van der Waals surface area contributed by atoms with E-state index >= 15 is 0 Å². The minimum Gasteiger partial charge on any atom is -0.399 e. The Kier molecular flexibility index (Phi) is 5.68. The molecule has 2 heterocycles. The zero-order chi connectivity index (χ0) is 15.1. The van der Waals surface area contributed by atoms with Crippen molar-refractivity contribution in [1.29, 1.82) is 0 Å². The molecule has 0 saturated heterocycles. The molecule has 112 valence electrons. The number of unbranched alkanes of at least 4 members (excludes halogenated alkanes) is 1. The lowest BCUT2D eigenvalue weighted by Crippen LogP contribution is -2.07. The summed E-state index contributed by atoms with van der Waals surface area (Å²) in [5.41, 5.74) is 0.761. The van der Waals surface area contributed by atoms with Crippen molar-refractivity contribution in [3.63, 3.8) is 0 Å². The van der Waals surface area contributed by atoms with E-state index in [4.69, 9.17) is 11.6 Å². The van der Waals surface area contributed by atoms with Gasteiger partial charge in [-0.15, -0.1) is 0 Å². The van der Waals surface area contributed by atoms with Crippen LogP contribution in [0, 0.1) is 0 Å². The third-order valence-electron chi connectivity index (χ3n) is 2.91. The topological polar surface area (TPSA) is 65.2 Å². The zero-order valence-electron chi connectivity index (χ0n) is 12.2. The molecule has 6 nitrogen and oxygen atoms in total. The molecule has 0 aliphatic heterocycles. The van der Waals surface area contributed by atoms with Crippen LogP contribution in [0.3, 0.4) is 0 Å². The van der Waals surface area contributed by atoms with Crippen molar-refractivity contribution in [3.8, 4) is 0 Å². The van der Waals surface area contributed by atoms with Gasteiger partial charge < -0.3 is 9.40 Å². The number of oxime groups is 1. The summed E-state index contributed by atoms with van der Waals surface area (Å²) in [6.45, 7) is 2.72. The summed E-state index contributed by atoms with van der Waals surface area (Å²) in [5, 5.41) is 4.28. The van der Waals surface area contributed by atoms with Gasteiger partial charge in [0, 0.05) is 25.0 Å². The molecule has 2 rings (SSSR count). The Balaban J connectivity index is 2.20. The summed E-state index contributed by atoms with van der Waals surface area (Å²) in [4.78, 5) is 17.7. The summed E-state index contributed by atoms with van der Waals surface area (Å²) in [7, 11) is 1.51. The van der Waals surface area contributed by atoms with Gasteiger partial charge in [0.1, 0.15) is 24.5 Å². The first kappa shape index (κ1) is 15.4. The predicted octanol–water partition coefficient (Wildman–Crippen LogP) is 2.70. The van der Waals surface area contributed by atoms with Crippen LogP contribution in [0.4, 0.5) is 0 Å². The Morgan fingerprint density at radius 3 is 2.81 bits per heavy atom. The highest BCUT2D eigenvalue weighted by molar-refractivity contribution is 6.30. The Hall–Kier alpha value is -1.95. The van der Waals surface area contributed by atoms with Gasteiger partial charge in [0.25, 0.3) is 0 Å². The molecular weight excluding hydrogens is 290 g/mol. The third-order valence-corrected chi connectivity index (χ3v) is 3.10. The van der Waals surface area contributed by atoms with Crippen LogP contribution in [0.1, 0.15) is 37.1 Å². The van der Waals surface area contributed by atoms with E-state index in [0.717, 1.165) is 30.8 Å². The molecule has 0 aromatic carbocycles. The largest absolute Gasteiger partial charge is 0.399 e. The quantitative estimate of drug-likeness (QED) is 0.583. The Morgan fingerprint density at radius 1 is 1.38 bits per heavy atom. The van der Waals surface area contributed by atoms with E-state index in [9.17, 15) is 0 Å². The smallest absolute Gasteiger partial charge is 0.148 e. The van der Waals surface area contributed by atoms with E-state index in [-0.39, 0.29) is 0 Å². The second kappa shape index (κ2) is 7.73. The minimum atomic E-state index is 0.531. The lowest BCUT2D eigenvalue weighted by molar-refractivity contribution is 0.215. The monoisotopic (exact) mass is 307 g/mol. The Morgan fingerprint density at radius 2 is 2.14 bits per heavy atom. The van der Waals surface area contributed by atoms with Crippen LogP contribution in [0.15, 0.2) is 23.7 Å². The second-order valence-electron chi connectivity index (χ2n) is 4.55. The van der Waals surface area contributed by atoms with Crippen molar-refractivity contribution in [2.24, 2.45) is 5.16 Å². The molecule has 7 heteroatoms. The van der Waals surface area contributed by atoms with Gasteiger partial charge in [-0.05, 0) is 6.42 Å². The summed E-state index contributed by atoms with van der Waals surface area (Å²) < 4.78 is 2.04. The summed E-state index contributed by atoms with van der Waals surface area (Å²) >= 11 is 5.80. The van der Waals surface area contributed by atoms with Gasteiger partial charge in [-0.1, -0.05) is 30.1 Å². The first-order chi connectivity index (χ1) is 10.2. The fraction of sp³-hybridized carbons (Fsp3) is 0.429. The average molecular weight is 308 g/mol. The molecule has 0 bridgehead atoms. The van der Waals surface area contributed by atoms with Crippen LogP contribution in [0.5, 0.6) is 0 Å². The van der Waals surface area contributed by atoms with E-state index in [2.05, 4.69) is 31.9 Å². The molecule has 0 atom stereocenters. The average Bonchev–Trinajstić information content (AvgIpc) is 2.87. The maximum Gasteiger partial charge on any atom is 0.148 e. The molecule has 0 aliphatic carbocycles. The van der Waals surface area contributed by atoms with Gasteiger partial charge >= 0.3 is 0 Å². The molecule has 2 aromatic rings. The zero-order valence-corrected chi connectivity index (χ0v) is 12.9. The summed E-state index contributed by atoms with van der Waals surface area (Å²) in [6, 6.07) is 0. The van der Waals surface area contributed by atoms with Crippen molar-refractivity contribution in [3.05, 3.63) is 41.0 Å². The first-order valence-corrected chi connectivity index (χ1v) is 7.19. The highest BCUT2D eigenvalue weighted by Crippen LogP contribution is 2.10. The molecule has 0 amide bonds. The number of aryl methyl sites for hydroxylation is 1. The Labute approximate surface area is 128 Å². The normalized spacial score (nSPS) is 11.2. The van der Waals surface area contributed by atoms with Gasteiger partial charge in [-0.2, -0.15) is 0 Å². The van der Waals surface area contributed by atoms with Crippen LogP contribution < -0.4 is 0 Å². The number of imidazole rings is 1. The molecule has 21 heavy (non-hydrogen) atoms. The molecule has 0 fully saturated rings. The van der Waals surface area contributed by atoms with Gasteiger partial charge in [-0.25, -0.2) is 15.0 Å². The van der Waals surface area contributed by atoms with Crippen LogP contribution in [-0.2, 0) is 17.8 Å². The molecule has 0 unspecified atom stereocenters. The summed E-state index contributed by atoms with van der Waals surface area (Å²) in [5.74, 6) is 1.69. The fourth-order valence-corrected chi connectivity index (χ4v) is 1.99. The number of rotatable bonds is 7. The van der Waals surface area contributed by atoms with Crippen molar-refractivity contribution < 1.29 is 4.84 Å². The summed E-state index contributed by atoms with van der Waals surface area (Å²) in [6.07, 6.45) is 9.82. The number of halogens is 1. The van der Waals surface area contributed by atoms with Crippen molar-refractivity contribution >= 4 is 17.8 Å². The number of hydrogen-bond acceptors (Lipinski definition) is 5. The molecule has 0 N–H and O–H groups in total. The van der Waals surface area contributed by atoms with Crippen LogP contribution in [0.25, 0.3) is 0 Å². The van der Waals surface area contributed by atoms with Crippen molar-refractivity contribution in [2.75, 3.05) is 7.11 Å². The lowest BCUT2D eigenvalue weighted by atomic mass is 10.2. The Bertz CT molecular complexity index is 594. The van der Waals surface area contributed by atoms with Gasteiger partial charge in [-0.3, -0.25) is 0 Å². The van der Waals surface area contributed by atoms with Crippen molar-refractivity contribution in [2.45, 2.75) is 32.7 Å². The fourth-order valence-electron chi connectivity index (χ4n) is 1.89. The molecular formula is C14H18ClN5O. The van der Waals surface area contributed by atoms with E-state index < -0.39 is 0 Å². The standard InChI is InChI=1S/C14H18ClN5O/c1-3-4-5-14-19-12(8-18-21-2)9-20(14)10-13-16-6-11(15)7-17-13/h6-9H,3-5,10H2,1-2H3. The minimum absolute atomic E-state index is 0.531. The maximum absolute atomic E-state index is 5.80. The highest BCUT2D eigenvalue weighted by atomic mass is 35.5. The highest BCUT2D eigenvalue weighted by Gasteiger charge is 2.08. The van der Waals surface area contributed by atoms with E-state index in [1.807, 2.05) is 10.8 Å². The first-order valence-electron chi connectivity index (χ1n) is 6.82. The maximum atomic E-state index is 5.80.